The number of amides is 2. The zero-order valence-electron chi connectivity index (χ0n) is 10.2. The Morgan fingerprint density at radius 2 is 1.82 bits per heavy atom. The highest BCUT2D eigenvalue weighted by molar-refractivity contribution is 6.04. The average Bonchev–Trinajstić information content (AvgIpc) is 2.45. The number of carbonyl (C=O) groups is 3. The molecule has 6 nitrogen and oxygen atoms in total. The maximum absolute atomic E-state index is 11.8. The molecule has 1 aliphatic heterocycles. The van der Waals surface area contributed by atoms with Crippen LogP contribution in [0.3, 0.4) is 0 Å². The Kier molecular flexibility index (Phi) is 4.22. The van der Waals surface area contributed by atoms with Crippen molar-refractivity contribution in [1.82, 2.24) is 4.90 Å². The smallest absolute Gasteiger partial charge is 0.306 e. The number of rotatable bonds is 5. The number of likely N-dealkylation sites (tertiary alicyclic amines) is 1. The fourth-order valence-corrected chi connectivity index (χ4v) is 1.83. The second-order valence-corrected chi connectivity index (χ2v) is 4.32. The van der Waals surface area contributed by atoms with Gasteiger partial charge >= 0.3 is 5.97 Å². The Balaban J connectivity index is 2.70. The summed E-state index contributed by atoms with van der Waals surface area (Å²) in [6.07, 6.45) is -0.881. The number of aliphatic carboxylic acids is 1. The summed E-state index contributed by atoms with van der Waals surface area (Å²) in [6.45, 7) is 3.41. The van der Waals surface area contributed by atoms with Crippen molar-refractivity contribution < 1.29 is 24.2 Å². The summed E-state index contributed by atoms with van der Waals surface area (Å²) < 4.78 is 4.96. The molecule has 1 fully saturated rings. The van der Waals surface area contributed by atoms with E-state index in [1.54, 1.807) is 13.8 Å². The van der Waals surface area contributed by atoms with Gasteiger partial charge in [0, 0.05) is 18.9 Å². The van der Waals surface area contributed by atoms with Crippen molar-refractivity contribution in [2.45, 2.75) is 26.4 Å². The molecule has 3 atom stereocenters. The largest absolute Gasteiger partial charge is 0.481 e. The lowest BCUT2D eigenvalue weighted by molar-refractivity contribution is -0.146. The molecule has 0 bridgehead atoms. The van der Waals surface area contributed by atoms with Crippen molar-refractivity contribution in [3.05, 3.63) is 0 Å². The van der Waals surface area contributed by atoms with Crippen LogP contribution in [0, 0.1) is 11.8 Å². The number of nitrogens with zero attached hydrogens (tertiary/aromatic N) is 1. The molecule has 1 heterocycles. The molecule has 1 saturated heterocycles. The van der Waals surface area contributed by atoms with Crippen LogP contribution >= 0.6 is 0 Å². The minimum atomic E-state index is -1.02. The van der Waals surface area contributed by atoms with Crippen LogP contribution < -0.4 is 0 Å². The maximum atomic E-state index is 11.8. The predicted octanol–water partition coefficient (Wildman–Crippen LogP) is 0.117. The average molecular weight is 243 g/mol. The molecule has 1 aliphatic rings. The molecule has 0 aromatic heterocycles. The molecule has 1 rings (SSSR count). The first-order valence-corrected chi connectivity index (χ1v) is 5.48. The number of imide groups is 1. The van der Waals surface area contributed by atoms with E-state index in [4.69, 9.17) is 9.84 Å². The summed E-state index contributed by atoms with van der Waals surface area (Å²) in [5, 5.41) is 8.66. The van der Waals surface area contributed by atoms with Crippen LogP contribution in [0.1, 0.15) is 20.3 Å². The molecule has 1 N–H and O–H groups in total. The van der Waals surface area contributed by atoms with E-state index in [2.05, 4.69) is 0 Å². The highest BCUT2D eigenvalue weighted by Gasteiger charge is 2.43. The summed E-state index contributed by atoms with van der Waals surface area (Å²) >= 11 is 0. The van der Waals surface area contributed by atoms with Gasteiger partial charge in [-0.2, -0.15) is 0 Å². The van der Waals surface area contributed by atoms with E-state index in [0.717, 1.165) is 4.90 Å². The molecule has 0 spiro atoms. The summed E-state index contributed by atoms with van der Waals surface area (Å²) in [7, 11) is 1.37. The van der Waals surface area contributed by atoms with E-state index in [1.807, 2.05) is 0 Å². The van der Waals surface area contributed by atoms with Gasteiger partial charge < -0.3 is 9.84 Å². The lowest BCUT2D eigenvalue weighted by Crippen LogP contribution is -2.39. The normalized spacial score (nSPS) is 26.4. The quantitative estimate of drug-likeness (QED) is 0.693. The second kappa shape index (κ2) is 5.27. The van der Waals surface area contributed by atoms with Crippen molar-refractivity contribution in [3.63, 3.8) is 0 Å². The molecule has 0 saturated carbocycles. The molecule has 6 heteroatoms. The lowest BCUT2D eigenvalue weighted by Gasteiger charge is -2.20. The predicted molar refractivity (Wildman–Crippen MR) is 58.1 cm³/mol. The van der Waals surface area contributed by atoms with E-state index in [1.165, 1.54) is 7.11 Å². The molecular weight excluding hydrogens is 226 g/mol. The number of methoxy groups -OCH3 is 1. The van der Waals surface area contributed by atoms with E-state index in [0.29, 0.717) is 0 Å². The van der Waals surface area contributed by atoms with Gasteiger partial charge in [-0.25, -0.2) is 0 Å². The van der Waals surface area contributed by atoms with Crippen LogP contribution in [-0.2, 0) is 19.1 Å². The highest BCUT2D eigenvalue weighted by Crippen LogP contribution is 2.25. The molecule has 0 aliphatic carbocycles. The molecule has 2 amide bonds. The van der Waals surface area contributed by atoms with Crippen LogP contribution in [0.25, 0.3) is 0 Å². The standard InChI is InChI=1S/C11H17NO5/c1-6-7(2)11(16)12(10(6)15)5-8(17-3)4-9(13)14/h6-8H,4-5H2,1-3H3,(H,13,14). The van der Waals surface area contributed by atoms with Crippen LogP contribution in [0.5, 0.6) is 0 Å². The van der Waals surface area contributed by atoms with Gasteiger partial charge in [-0.05, 0) is 0 Å². The zero-order chi connectivity index (χ0) is 13.2. The molecule has 96 valence electrons. The van der Waals surface area contributed by atoms with E-state index >= 15 is 0 Å². The van der Waals surface area contributed by atoms with Gasteiger partial charge in [-0.3, -0.25) is 19.3 Å². The number of hydrogen-bond donors (Lipinski definition) is 1. The van der Waals surface area contributed by atoms with Gasteiger partial charge in [0.05, 0.1) is 19.1 Å². The van der Waals surface area contributed by atoms with Crippen molar-refractivity contribution in [2.24, 2.45) is 11.8 Å². The first-order valence-electron chi connectivity index (χ1n) is 5.48. The van der Waals surface area contributed by atoms with Gasteiger partial charge in [-0.1, -0.05) is 13.8 Å². The highest BCUT2D eigenvalue weighted by atomic mass is 16.5. The number of carbonyl (C=O) groups excluding carboxylic acids is 2. The van der Waals surface area contributed by atoms with Crippen LogP contribution in [-0.4, -0.2) is 47.5 Å². The molecule has 3 unspecified atom stereocenters. The Hall–Kier alpha value is -1.43. The third-order valence-electron chi connectivity index (χ3n) is 3.18. The molecule has 0 aromatic carbocycles. The molecular formula is C11H17NO5. The van der Waals surface area contributed by atoms with E-state index in [9.17, 15) is 14.4 Å². The number of carboxylic acid groups (broad SMARTS) is 1. The third kappa shape index (κ3) is 2.82. The third-order valence-corrected chi connectivity index (χ3v) is 3.18. The topological polar surface area (TPSA) is 83.9 Å². The minimum Gasteiger partial charge on any atom is -0.481 e. The first-order chi connectivity index (χ1) is 7.88. The summed E-state index contributed by atoms with van der Waals surface area (Å²) in [4.78, 5) is 35.2. The Labute approximate surface area is 99.5 Å². The summed E-state index contributed by atoms with van der Waals surface area (Å²) in [5.74, 6) is -2.21. The van der Waals surface area contributed by atoms with Gasteiger partial charge in [0.2, 0.25) is 11.8 Å². The maximum Gasteiger partial charge on any atom is 0.306 e. The Bertz CT molecular complexity index is 321. The SMILES string of the molecule is COC(CC(=O)O)CN1C(=O)C(C)C(C)C1=O. The molecule has 17 heavy (non-hydrogen) atoms. The Morgan fingerprint density at radius 3 is 2.18 bits per heavy atom. The summed E-state index contributed by atoms with van der Waals surface area (Å²) in [6, 6.07) is 0. The Morgan fingerprint density at radius 1 is 1.35 bits per heavy atom. The lowest BCUT2D eigenvalue weighted by atomic mass is 10.00. The summed E-state index contributed by atoms with van der Waals surface area (Å²) in [5.41, 5.74) is 0. The fourth-order valence-electron chi connectivity index (χ4n) is 1.83. The molecule has 0 aromatic rings. The second-order valence-electron chi connectivity index (χ2n) is 4.32. The minimum absolute atomic E-state index is 0.00907. The zero-order valence-corrected chi connectivity index (χ0v) is 10.2. The first kappa shape index (κ1) is 13.6. The molecule has 0 radical (unpaired) electrons. The van der Waals surface area contributed by atoms with Gasteiger partial charge in [0.25, 0.3) is 0 Å². The van der Waals surface area contributed by atoms with Gasteiger partial charge in [0.15, 0.2) is 0 Å². The van der Waals surface area contributed by atoms with Crippen LogP contribution in [0.4, 0.5) is 0 Å². The monoisotopic (exact) mass is 243 g/mol. The van der Waals surface area contributed by atoms with Crippen molar-refractivity contribution in [2.75, 3.05) is 13.7 Å². The van der Waals surface area contributed by atoms with Gasteiger partial charge in [0.1, 0.15) is 0 Å². The van der Waals surface area contributed by atoms with Crippen molar-refractivity contribution in [3.8, 4) is 0 Å². The van der Waals surface area contributed by atoms with Crippen LogP contribution in [0.2, 0.25) is 0 Å². The van der Waals surface area contributed by atoms with Crippen molar-refractivity contribution in [1.29, 1.82) is 0 Å². The fraction of sp³-hybridized carbons (Fsp3) is 0.727. The van der Waals surface area contributed by atoms with Gasteiger partial charge in [-0.15, -0.1) is 0 Å². The van der Waals surface area contributed by atoms with E-state index in [-0.39, 0.29) is 36.6 Å². The van der Waals surface area contributed by atoms with E-state index < -0.39 is 12.1 Å². The van der Waals surface area contributed by atoms with Crippen LogP contribution in [0.15, 0.2) is 0 Å². The number of carboxylic acids is 1. The number of ether oxygens (including phenoxy) is 1. The van der Waals surface area contributed by atoms with Crippen molar-refractivity contribution >= 4 is 17.8 Å². The number of hydrogen-bond acceptors (Lipinski definition) is 4.